The Labute approximate surface area is 498 Å². The van der Waals surface area contributed by atoms with Crippen LogP contribution in [0.1, 0.15) is 152 Å². The fourth-order valence-electron chi connectivity index (χ4n) is 11.3. The molecule has 3 saturated carbocycles. The number of rotatable bonds is 32. The molecule has 5 aromatic rings. The third kappa shape index (κ3) is 19.6. The number of nitrogens with zero attached hydrogens (tertiary/aromatic N) is 3. The number of hydrazone groups is 1. The number of ether oxygens (including phenoxy) is 6. The van der Waals surface area contributed by atoms with E-state index in [9.17, 15) is 28.8 Å². The second kappa shape index (κ2) is 33.1. The molecular formula is C68H81N3O12S. The zero-order chi connectivity index (χ0) is 58.9. The van der Waals surface area contributed by atoms with Crippen molar-refractivity contribution in [1.29, 1.82) is 0 Å². The van der Waals surface area contributed by atoms with Crippen molar-refractivity contribution in [3.8, 4) is 23.0 Å². The van der Waals surface area contributed by atoms with Crippen molar-refractivity contribution >= 4 is 68.3 Å². The normalized spacial score (nSPS) is 18.1. The van der Waals surface area contributed by atoms with E-state index in [1.54, 1.807) is 47.9 Å². The third-order valence-electron chi connectivity index (χ3n) is 16.2. The van der Waals surface area contributed by atoms with Crippen molar-refractivity contribution in [3.63, 3.8) is 0 Å². The highest BCUT2D eigenvalue weighted by atomic mass is 32.1. The average Bonchev–Trinajstić information content (AvgIpc) is 3.67. The lowest BCUT2D eigenvalue weighted by molar-refractivity contribution is -0.141. The molecule has 3 aliphatic carbocycles. The smallest absolute Gasteiger partial charge is 0.330 e. The maximum absolute atomic E-state index is 14.1. The van der Waals surface area contributed by atoms with E-state index in [-0.39, 0.29) is 59.6 Å². The number of para-hydroxylation sites is 1. The molecule has 8 rings (SSSR count). The fraction of sp³-hybridized carbons (Fsp3) is 0.471. The van der Waals surface area contributed by atoms with Crippen LogP contribution in [0.5, 0.6) is 23.0 Å². The van der Waals surface area contributed by atoms with Gasteiger partial charge in [-0.15, -0.1) is 0 Å². The number of ketones is 2. The van der Waals surface area contributed by atoms with E-state index in [1.807, 2.05) is 59.6 Å². The van der Waals surface area contributed by atoms with Gasteiger partial charge in [0.05, 0.1) is 60.7 Å². The number of carbonyl (C=O) groups excluding carboxylic acids is 6. The van der Waals surface area contributed by atoms with Gasteiger partial charge in [0.2, 0.25) is 5.13 Å². The minimum Gasteiger partial charge on any atom is -0.494 e. The quantitative estimate of drug-likeness (QED) is 0.00988. The van der Waals surface area contributed by atoms with Gasteiger partial charge in [0.1, 0.15) is 34.6 Å². The van der Waals surface area contributed by atoms with Crippen LogP contribution in [0, 0.1) is 23.7 Å². The van der Waals surface area contributed by atoms with Crippen LogP contribution in [0.4, 0.5) is 5.13 Å². The zero-order valence-corrected chi connectivity index (χ0v) is 49.3. The maximum atomic E-state index is 14.1. The molecule has 0 saturated heterocycles. The maximum Gasteiger partial charge on any atom is 0.330 e. The third-order valence-corrected chi connectivity index (χ3v) is 17.2. The number of fused-ring (bicyclic) bond motifs is 1. The number of hydrogen-bond donors (Lipinski definition) is 0. The lowest BCUT2D eigenvalue weighted by Gasteiger charge is -2.30. The Morgan fingerprint density at radius 1 is 0.536 bits per heavy atom. The van der Waals surface area contributed by atoms with Gasteiger partial charge in [-0.1, -0.05) is 74.1 Å². The second-order valence-electron chi connectivity index (χ2n) is 22.3. The van der Waals surface area contributed by atoms with E-state index in [1.165, 1.54) is 12.5 Å². The summed E-state index contributed by atoms with van der Waals surface area (Å²) in [4.78, 5) is 82.3. The Hall–Kier alpha value is -7.46. The Bertz CT molecular complexity index is 2970. The first-order valence-electron chi connectivity index (χ1n) is 30.3. The molecule has 0 atom stereocenters. The van der Waals surface area contributed by atoms with Crippen molar-refractivity contribution < 1.29 is 57.2 Å². The SMILES string of the molecule is C=CC(=O)OCCCCCCOc1ccc(CC(=O)C2CCC(C(=O)Oc3ccc(CC(=O)C4CCC(C(=O)Oc5ccc(OCCCCCCOC(=O)C=C)cc5)CC4)cc3/C=N/N(c3nc4ccccc4s3)C3CCCCC3)CC2)cc1. The summed E-state index contributed by atoms with van der Waals surface area (Å²) in [5.41, 5.74) is 3.19. The van der Waals surface area contributed by atoms with Crippen LogP contribution in [0.2, 0.25) is 0 Å². The molecule has 0 amide bonds. The number of hydrogen-bond acceptors (Lipinski definition) is 16. The van der Waals surface area contributed by atoms with Gasteiger partial charge in [0.15, 0.2) is 0 Å². The van der Waals surface area contributed by atoms with Gasteiger partial charge in [-0.25, -0.2) is 19.6 Å². The molecular weight excluding hydrogens is 1080 g/mol. The van der Waals surface area contributed by atoms with Crippen LogP contribution < -0.4 is 24.0 Å². The minimum absolute atomic E-state index is 0.0938. The largest absolute Gasteiger partial charge is 0.494 e. The van der Waals surface area contributed by atoms with E-state index in [4.69, 9.17) is 38.5 Å². The van der Waals surface area contributed by atoms with E-state index >= 15 is 0 Å². The molecule has 16 heteroatoms. The summed E-state index contributed by atoms with van der Waals surface area (Å²) in [6.07, 6.45) is 21.5. The standard InChI is InChI=1S/C68H81N3O12S/c1-3-64(74)80-42-16-7-5-14-40-78-56-33-22-48(23-34-56)45-60(72)50-27-31-53(32-28-50)67(77)83-62-39-24-49(44-54(62)47-69-71(55-18-10-9-11-19-55)68-70-59-20-12-13-21-63(59)84-68)46-61(73)51-25-29-52(30-26-51)66(76)82-58-37-35-57(36-38-58)79-41-15-6-8-17-43-81-65(75)4-2/h3-4,12-13,20-24,33-39,44,47,50-53,55H,1-2,5-11,14-19,25-32,40-43,45-46H2/b69-47+. The molecule has 0 bridgehead atoms. The van der Waals surface area contributed by atoms with Gasteiger partial charge >= 0.3 is 23.9 Å². The average molecular weight is 1160 g/mol. The lowest BCUT2D eigenvalue weighted by atomic mass is 9.79. The molecule has 0 aliphatic heterocycles. The number of aromatic nitrogens is 1. The van der Waals surface area contributed by atoms with Gasteiger partial charge in [-0.05, 0) is 187 Å². The molecule has 0 N–H and O–H groups in total. The molecule has 0 unspecified atom stereocenters. The van der Waals surface area contributed by atoms with Gasteiger partial charge in [-0.3, -0.25) is 19.2 Å². The first-order chi connectivity index (χ1) is 41.0. The predicted molar refractivity (Wildman–Crippen MR) is 326 cm³/mol. The summed E-state index contributed by atoms with van der Waals surface area (Å²) in [5, 5.41) is 7.96. The molecule has 1 heterocycles. The van der Waals surface area contributed by atoms with Gasteiger partial charge in [0.25, 0.3) is 0 Å². The van der Waals surface area contributed by atoms with Crippen molar-refractivity contribution in [3.05, 3.63) is 133 Å². The van der Waals surface area contributed by atoms with Crippen molar-refractivity contribution in [2.75, 3.05) is 31.4 Å². The topological polar surface area (TPSA) is 186 Å². The van der Waals surface area contributed by atoms with Crippen LogP contribution in [-0.4, -0.2) is 79.1 Å². The minimum atomic E-state index is -0.406. The number of Topliss-reactive ketones (excluding diaryl/α,β-unsaturated/α-hetero) is 2. The Kier molecular flexibility index (Phi) is 24.7. The van der Waals surface area contributed by atoms with Crippen molar-refractivity contribution in [2.45, 2.75) is 154 Å². The van der Waals surface area contributed by atoms with E-state index < -0.39 is 11.9 Å². The summed E-state index contributed by atoms with van der Waals surface area (Å²) >= 11 is 1.60. The highest BCUT2D eigenvalue weighted by molar-refractivity contribution is 7.22. The van der Waals surface area contributed by atoms with Crippen LogP contribution in [0.3, 0.4) is 0 Å². The molecule has 3 fully saturated rings. The highest BCUT2D eigenvalue weighted by Crippen LogP contribution is 2.37. The molecule has 15 nitrogen and oxygen atoms in total. The van der Waals surface area contributed by atoms with E-state index in [2.05, 4.69) is 19.2 Å². The Balaban J connectivity index is 0.835. The summed E-state index contributed by atoms with van der Waals surface area (Å²) in [7, 11) is 0. The van der Waals surface area contributed by atoms with Crippen LogP contribution in [0.25, 0.3) is 10.2 Å². The highest BCUT2D eigenvalue weighted by Gasteiger charge is 2.33. The van der Waals surface area contributed by atoms with Crippen molar-refractivity contribution in [1.82, 2.24) is 4.98 Å². The first-order valence-corrected chi connectivity index (χ1v) is 31.2. The summed E-state index contributed by atoms with van der Waals surface area (Å²) < 4.78 is 34.9. The lowest BCUT2D eigenvalue weighted by Crippen LogP contribution is -2.32. The number of benzene rings is 4. The zero-order valence-electron chi connectivity index (χ0n) is 48.4. The molecule has 0 radical (unpaired) electrons. The van der Waals surface area contributed by atoms with Gasteiger partial charge in [0, 0.05) is 42.4 Å². The fourth-order valence-corrected chi connectivity index (χ4v) is 12.3. The first kappa shape index (κ1) is 62.6. The monoisotopic (exact) mass is 1160 g/mol. The number of thiazole rings is 1. The summed E-state index contributed by atoms with van der Waals surface area (Å²) in [6.45, 7) is 8.70. The Morgan fingerprint density at radius 3 is 1.58 bits per heavy atom. The van der Waals surface area contributed by atoms with Crippen LogP contribution in [0.15, 0.2) is 121 Å². The molecule has 446 valence electrons. The number of anilines is 1. The predicted octanol–water partition coefficient (Wildman–Crippen LogP) is 13.9. The molecule has 84 heavy (non-hydrogen) atoms. The second-order valence-corrected chi connectivity index (χ2v) is 23.3. The van der Waals surface area contributed by atoms with E-state index in [0.29, 0.717) is 107 Å². The molecule has 3 aliphatic rings. The van der Waals surface area contributed by atoms with Crippen molar-refractivity contribution in [2.24, 2.45) is 28.8 Å². The molecule has 4 aromatic carbocycles. The van der Waals surface area contributed by atoms with Crippen LogP contribution in [-0.2, 0) is 51.1 Å². The number of unbranched alkanes of at least 4 members (excludes halogenated alkanes) is 6. The number of esters is 4. The van der Waals surface area contributed by atoms with Gasteiger partial charge in [-0.2, -0.15) is 5.10 Å². The van der Waals surface area contributed by atoms with Crippen LogP contribution >= 0.6 is 11.3 Å². The van der Waals surface area contributed by atoms with Gasteiger partial charge < -0.3 is 28.4 Å². The number of carbonyl (C=O) groups is 6. The van der Waals surface area contributed by atoms with E-state index in [0.717, 1.165) is 115 Å². The Morgan fingerprint density at radius 2 is 1.02 bits per heavy atom. The summed E-state index contributed by atoms with van der Waals surface area (Å²) in [6, 6.07) is 28.5. The molecule has 1 aromatic heterocycles. The molecule has 0 spiro atoms. The summed E-state index contributed by atoms with van der Waals surface area (Å²) in [5.74, 6) is 0.0102.